The van der Waals surface area contributed by atoms with E-state index in [1.54, 1.807) is 0 Å². The second-order valence-electron chi connectivity index (χ2n) is 27.4. The van der Waals surface area contributed by atoms with Gasteiger partial charge in [-0.25, -0.2) is 0 Å². The molecule has 0 aromatic heterocycles. The van der Waals surface area contributed by atoms with Gasteiger partial charge in [0.1, 0.15) is 36.6 Å². The molecule has 0 radical (unpaired) electrons. The van der Waals surface area contributed by atoms with E-state index in [4.69, 9.17) is 9.47 Å². The van der Waals surface area contributed by atoms with Crippen molar-refractivity contribution in [3.63, 3.8) is 0 Å². The molecule has 1 saturated heterocycles. The lowest BCUT2D eigenvalue weighted by molar-refractivity contribution is -0.303. The molecule has 1 aliphatic heterocycles. The highest BCUT2D eigenvalue weighted by Crippen LogP contribution is 2.24. The van der Waals surface area contributed by atoms with Crippen LogP contribution in [0.5, 0.6) is 0 Å². The van der Waals surface area contributed by atoms with Gasteiger partial charge in [0.05, 0.1) is 25.4 Å². The van der Waals surface area contributed by atoms with Crippen LogP contribution in [0.3, 0.4) is 0 Å². The molecule has 11 nitrogen and oxygen atoms in total. The summed E-state index contributed by atoms with van der Waals surface area (Å²) in [4.78, 5) is 13.3. The summed E-state index contributed by atoms with van der Waals surface area (Å²) in [6.45, 7) is 3.52. The van der Waals surface area contributed by atoms with Crippen molar-refractivity contribution < 1.29 is 50.0 Å². The van der Waals surface area contributed by atoms with E-state index in [0.29, 0.717) is 12.8 Å². The van der Waals surface area contributed by atoms with Crippen LogP contribution in [-0.2, 0) is 14.3 Å². The first-order chi connectivity index (χ1) is 42.7. The molecular weight excluding hydrogens is 1090 g/mol. The van der Waals surface area contributed by atoms with Crippen LogP contribution in [0.2, 0.25) is 0 Å². The molecule has 0 aromatic carbocycles. The van der Waals surface area contributed by atoms with Crippen molar-refractivity contribution in [1.82, 2.24) is 5.32 Å². The quantitative estimate of drug-likeness (QED) is 0.0215. The smallest absolute Gasteiger partial charge is 0.249 e. The van der Waals surface area contributed by atoms with Crippen molar-refractivity contribution >= 4 is 5.91 Å². The monoisotopic (exact) mass is 1240 g/mol. The maximum atomic E-state index is 13.3. The molecule has 1 fully saturated rings. The molecule has 87 heavy (non-hydrogen) atoms. The van der Waals surface area contributed by atoms with Crippen molar-refractivity contribution in [3.05, 3.63) is 12.2 Å². The molecule has 1 amide bonds. The summed E-state index contributed by atoms with van der Waals surface area (Å²) >= 11 is 0. The van der Waals surface area contributed by atoms with Crippen LogP contribution in [-0.4, -0.2) is 110 Å². The van der Waals surface area contributed by atoms with E-state index in [1.807, 2.05) is 0 Å². The second-order valence-corrected chi connectivity index (χ2v) is 27.4. The topological polar surface area (TPSA) is 189 Å². The SMILES string of the molecule is CCCCCCCCCCCCCCCCCCCCCCCCCCC/C=C/CCCC(O)C(O)C(COC1OC(CO)C(O)C(O)C1O)NC(=O)C(O)CCCCCCCCCCCCCCCCCCCCCCCCCCCCCCCC. The largest absolute Gasteiger partial charge is 0.394 e. The molecule has 9 atom stereocenters. The Morgan fingerprint density at radius 2 is 0.678 bits per heavy atom. The highest BCUT2D eigenvalue weighted by Gasteiger charge is 2.44. The number of carbonyl (C=O) groups excluding carboxylic acids is 1. The van der Waals surface area contributed by atoms with Gasteiger partial charge in [0, 0.05) is 0 Å². The van der Waals surface area contributed by atoms with E-state index >= 15 is 0 Å². The summed E-state index contributed by atoms with van der Waals surface area (Å²) < 4.78 is 11.2. The maximum absolute atomic E-state index is 13.3. The number of aliphatic hydroxyl groups excluding tert-OH is 7. The number of rotatable bonds is 69. The van der Waals surface area contributed by atoms with E-state index in [-0.39, 0.29) is 12.8 Å². The lowest BCUT2D eigenvalue weighted by Crippen LogP contribution is -2.60. The van der Waals surface area contributed by atoms with Crippen molar-refractivity contribution in [2.75, 3.05) is 13.2 Å². The Morgan fingerprint density at radius 3 is 0.989 bits per heavy atom. The maximum Gasteiger partial charge on any atom is 0.249 e. The Kier molecular flexibility index (Phi) is 62.6. The lowest BCUT2D eigenvalue weighted by Gasteiger charge is -2.40. The van der Waals surface area contributed by atoms with E-state index in [2.05, 4.69) is 31.3 Å². The van der Waals surface area contributed by atoms with Crippen LogP contribution in [0.25, 0.3) is 0 Å². The third-order valence-corrected chi connectivity index (χ3v) is 19.1. The van der Waals surface area contributed by atoms with Gasteiger partial charge in [-0.1, -0.05) is 373 Å². The van der Waals surface area contributed by atoms with Crippen LogP contribution in [0.1, 0.15) is 399 Å². The predicted octanol–water partition coefficient (Wildman–Crippen LogP) is 19.4. The first-order valence-electron chi connectivity index (χ1n) is 38.6. The van der Waals surface area contributed by atoms with Crippen molar-refractivity contribution in [2.45, 2.75) is 454 Å². The number of hydrogen-bond acceptors (Lipinski definition) is 10. The Bertz CT molecular complexity index is 1420. The molecule has 0 aromatic rings. The number of carbonyl (C=O) groups is 1. The molecule has 8 N–H and O–H groups in total. The Hall–Kier alpha value is -1.15. The molecule has 11 heteroatoms. The molecule has 518 valence electrons. The van der Waals surface area contributed by atoms with Gasteiger partial charge < -0.3 is 50.5 Å². The van der Waals surface area contributed by atoms with Crippen molar-refractivity contribution in [2.24, 2.45) is 0 Å². The van der Waals surface area contributed by atoms with Crippen LogP contribution >= 0.6 is 0 Å². The minimum atomic E-state index is -1.67. The second kappa shape index (κ2) is 64.9. The molecule has 0 spiro atoms. The molecule has 1 rings (SSSR count). The molecule has 1 heterocycles. The number of aliphatic hydroxyl groups is 7. The predicted molar refractivity (Wildman–Crippen MR) is 367 cm³/mol. The highest BCUT2D eigenvalue weighted by atomic mass is 16.7. The zero-order chi connectivity index (χ0) is 63.1. The Labute approximate surface area is 538 Å². The van der Waals surface area contributed by atoms with Gasteiger partial charge in [-0.3, -0.25) is 4.79 Å². The summed E-state index contributed by atoms with van der Waals surface area (Å²) in [6.07, 6.45) is 70.4. The molecule has 0 aliphatic carbocycles. The van der Waals surface area contributed by atoms with Gasteiger partial charge in [-0.05, 0) is 38.5 Å². The molecule has 0 saturated carbocycles. The van der Waals surface area contributed by atoms with Gasteiger partial charge in [-0.2, -0.15) is 0 Å². The lowest BCUT2D eigenvalue weighted by atomic mass is 9.98. The summed E-state index contributed by atoms with van der Waals surface area (Å²) in [5.41, 5.74) is 0. The Morgan fingerprint density at radius 1 is 0.391 bits per heavy atom. The normalized spacial score (nSPS) is 18.7. The van der Waals surface area contributed by atoms with Crippen LogP contribution in [0.15, 0.2) is 12.2 Å². The molecular formula is C76H149NO10. The molecule has 0 bridgehead atoms. The summed E-state index contributed by atoms with van der Waals surface area (Å²) in [7, 11) is 0. The standard InChI is InChI=1S/C76H149NO10/c1-3-5-7-9-11-13-15-17-19-21-23-25-27-29-31-33-35-37-39-41-43-45-47-49-51-53-55-57-59-61-63-68(79)71(81)67(66-86-76-74(84)73(83)72(82)70(65-78)87-76)77-75(85)69(80)64-62-60-58-56-54-52-50-48-46-44-42-40-38-36-34-32-30-28-26-24-22-20-18-16-14-12-10-8-6-4-2/h55,57,67-74,76,78-84H,3-54,56,58-66H2,1-2H3,(H,77,85)/b57-55+. The van der Waals surface area contributed by atoms with Gasteiger partial charge in [0.25, 0.3) is 0 Å². The molecule has 1 aliphatic rings. The first-order valence-corrected chi connectivity index (χ1v) is 38.6. The van der Waals surface area contributed by atoms with Crippen LogP contribution in [0, 0.1) is 0 Å². The van der Waals surface area contributed by atoms with E-state index < -0.39 is 74.2 Å². The summed E-state index contributed by atoms with van der Waals surface area (Å²) in [6, 6.07) is -1.18. The minimum absolute atomic E-state index is 0.260. The highest BCUT2D eigenvalue weighted by molar-refractivity contribution is 5.80. The summed E-state index contributed by atoms with van der Waals surface area (Å²) in [5.74, 6) is -0.696. The fourth-order valence-electron chi connectivity index (χ4n) is 12.9. The zero-order valence-corrected chi connectivity index (χ0v) is 57.5. The number of hydrogen-bond donors (Lipinski definition) is 8. The third-order valence-electron chi connectivity index (χ3n) is 19.1. The van der Waals surface area contributed by atoms with E-state index in [1.165, 1.54) is 327 Å². The van der Waals surface area contributed by atoms with Gasteiger partial charge in [-0.15, -0.1) is 0 Å². The number of nitrogens with one attached hydrogen (secondary N) is 1. The zero-order valence-electron chi connectivity index (χ0n) is 57.5. The van der Waals surface area contributed by atoms with Crippen molar-refractivity contribution in [3.8, 4) is 0 Å². The van der Waals surface area contributed by atoms with Crippen LogP contribution in [0.4, 0.5) is 0 Å². The Balaban J connectivity index is 2.16. The number of ether oxygens (including phenoxy) is 2. The average molecular weight is 1240 g/mol. The minimum Gasteiger partial charge on any atom is -0.394 e. The van der Waals surface area contributed by atoms with E-state index in [0.717, 1.165) is 32.1 Å². The van der Waals surface area contributed by atoms with Gasteiger partial charge in [0.2, 0.25) is 5.91 Å². The fourth-order valence-corrected chi connectivity index (χ4v) is 12.9. The average Bonchev–Trinajstić information content (AvgIpc) is 1.82. The van der Waals surface area contributed by atoms with Gasteiger partial charge in [0.15, 0.2) is 6.29 Å². The number of allylic oxidation sites excluding steroid dienone is 2. The van der Waals surface area contributed by atoms with Crippen molar-refractivity contribution in [1.29, 1.82) is 0 Å². The summed E-state index contributed by atoms with van der Waals surface area (Å²) in [5, 5.41) is 76.6. The fraction of sp³-hybridized carbons (Fsp3) is 0.961. The molecule has 9 unspecified atom stereocenters. The van der Waals surface area contributed by atoms with Crippen LogP contribution < -0.4 is 5.32 Å². The number of unbranched alkanes of at least 4 members (excludes halogenated alkanes) is 55. The van der Waals surface area contributed by atoms with E-state index in [9.17, 15) is 40.5 Å². The van der Waals surface area contributed by atoms with Gasteiger partial charge >= 0.3 is 0 Å². The third kappa shape index (κ3) is 52.0. The number of amides is 1. The first kappa shape index (κ1) is 83.9.